The van der Waals surface area contributed by atoms with Crippen LogP contribution in [0.5, 0.6) is 0 Å². The summed E-state index contributed by atoms with van der Waals surface area (Å²) in [6.07, 6.45) is 0.956. The Bertz CT molecular complexity index is 850. The fourth-order valence-corrected chi connectivity index (χ4v) is 3.19. The molecule has 1 saturated carbocycles. The number of carbonyl (C=O) groups excluding carboxylic acids is 1. The Morgan fingerprint density at radius 2 is 1.93 bits per heavy atom. The summed E-state index contributed by atoms with van der Waals surface area (Å²) in [4.78, 5) is 27.6. The van der Waals surface area contributed by atoms with Crippen LogP contribution in [0.15, 0.2) is 24.5 Å². The molecule has 1 aliphatic carbocycles. The first-order valence-electron chi connectivity index (χ1n) is 8.75. The predicted molar refractivity (Wildman–Crippen MR) is 89.6 cm³/mol. The van der Waals surface area contributed by atoms with E-state index in [0.29, 0.717) is 19.0 Å². The smallest absolute Gasteiger partial charge is 0.417 e. The Labute approximate surface area is 157 Å². The summed E-state index contributed by atoms with van der Waals surface area (Å²) in [5.41, 5.74) is -0.975. The van der Waals surface area contributed by atoms with Gasteiger partial charge in [0.25, 0.3) is 5.91 Å². The van der Waals surface area contributed by atoms with E-state index in [9.17, 15) is 27.9 Å². The number of carboxylic acid groups (broad SMARTS) is 1. The molecule has 3 rings (SSSR count). The Hall–Kier alpha value is -2.98. The second kappa shape index (κ2) is 7.95. The van der Waals surface area contributed by atoms with E-state index in [1.807, 2.05) is 0 Å². The maximum atomic E-state index is 12.6. The molecule has 150 valence electrons. The van der Waals surface area contributed by atoms with Gasteiger partial charge in [0.1, 0.15) is 0 Å². The summed E-state index contributed by atoms with van der Waals surface area (Å²) in [5, 5.41) is 19.5. The normalized spacial score (nSPS) is 20.4. The van der Waals surface area contributed by atoms with Gasteiger partial charge in [-0.15, -0.1) is 5.10 Å². The number of carbonyl (C=O) groups is 2. The van der Waals surface area contributed by atoms with Gasteiger partial charge in [-0.25, -0.2) is 9.67 Å². The van der Waals surface area contributed by atoms with E-state index in [2.05, 4.69) is 20.6 Å². The van der Waals surface area contributed by atoms with Crippen LogP contribution >= 0.6 is 0 Å². The standard InChI is InChI=1S/C17H18F3N5O3/c18-17(19,20)10-6-7-14(21-8-10)25-9-13(23-24-25)15(26)22-12-5-3-1-2-4-11(12)16(27)28/h6-9,11-12H,1-5H2,(H,22,26)(H,27,28)/t11-,12+/m1/s1. The molecule has 2 aromatic heterocycles. The second-order valence-corrected chi connectivity index (χ2v) is 6.61. The van der Waals surface area contributed by atoms with E-state index in [1.165, 1.54) is 6.20 Å². The van der Waals surface area contributed by atoms with Crippen molar-refractivity contribution < 1.29 is 27.9 Å². The summed E-state index contributed by atoms with van der Waals surface area (Å²) >= 11 is 0. The third kappa shape index (κ3) is 4.46. The predicted octanol–water partition coefficient (Wildman–Crippen LogP) is 2.44. The molecule has 0 aromatic carbocycles. The lowest BCUT2D eigenvalue weighted by Crippen LogP contribution is -2.43. The molecule has 11 heteroatoms. The highest BCUT2D eigenvalue weighted by Crippen LogP contribution is 2.28. The van der Waals surface area contributed by atoms with Crippen molar-refractivity contribution in [3.63, 3.8) is 0 Å². The highest BCUT2D eigenvalue weighted by Gasteiger charge is 2.32. The number of nitrogens with zero attached hydrogens (tertiary/aromatic N) is 4. The number of aromatic nitrogens is 4. The lowest BCUT2D eigenvalue weighted by atomic mass is 9.95. The molecular weight excluding hydrogens is 379 g/mol. The molecule has 2 aromatic rings. The number of hydrogen-bond donors (Lipinski definition) is 2. The molecule has 2 atom stereocenters. The summed E-state index contributed by atoms with van der Waals surface area (Å²) in [6.45, 7) is 0. The van der Waals surface area contributed by atoms with Crippen LogP contribution in [0, 0.1) is 5.92 Å². The molecule has 0 bridgehead atoms. The number of pyridine rings is 1. The molecule has 1 fully saturated rings. The third-order valence-electron chi connectivity index (χ3n) is 4.69. The fraction of sp³-hybridized carbons (Fsp3) is 0.471. The third-order valence-corrected chi connectivity index (χ3v) is 4.69. The Kier molecular flexibility index (Phi) is 5.61. The van der Waals surface area contributed by atoms with Crippen molar-refractivity contribution in [2.75, 3.05) is 0 Å². The Morgan fingerprint density at radius 3 is 2.57 bits per heavy atom. The SMILES string of the molecule is O=C(N[C@H]1CCCCC[C@H]1C(=O)O)c1cn(-c2ccc(C(F)(F)F)cn2)nn1. The minimum Gasteiger partial charge on any atom is -0.481 e. The maximum Gasteiger partial charge on any atom is 0.417 e. The lowest BCUT2D eigenvalue weighted by Gasteiger charge is -2.22. The zero-order valence-electron chi connectivity index (χ0n) is 14.7. The number of aliphatic carboxylic acids is 1. The average Bonchev–Trinajstić information content (AvgIpc) is 3.02. The first-order chi connectivity index (χ1) is 13.3. The minimum absolute atomic E-state index is 0.0671. The van der Waals surface area contributed by atoms with Crippen LogP contribution in [-0.2, 0) is 11.0 Å². The van der Waals surface area contributed by atoms with Crippen LogP contribution in [-0.4, -0.2) is 43.0 Å². The Morgan fingerprint density at radius 1 is 1.18 bits per heavy atom. The molecule has 0 spiro atoms. The van der Waals surface area contributed by atoms with E-state index >= 15 is 0 Å². The van der Waals surface area contributed by atoms with Gasteiger partial charge in [0.05, 0.1) is 17.7 Å². The molecule has 2 N–H and O–H groups in total. The van der Waals surface area contributed by atoms with Crippen LogP contribution in [0.3, 0.4) is 0 Å². The quantitative estimate of drug-likeness (QED) is 0.767. The summed E-state index contributed by atoms with van der Waals surface area (Å²) in [5.74, 6) is -2.14. The van der Waals surface area contributed by atoms with Crippen molar-refractivity contribution in [2.24, 2.45) is 5.92 Å². The van der Waals surface area contributed by atoms with Crippen LogP contribution in [0.25, 0.3) is 5.82 Å². The van der Waals surface area contributed by atoms with Gasteiger partial charge in [-0.3, -0.25) is 9.59 Å². The monoisotopic (exact) mass is 397 g/mol. The summed E-state index contributed by atoms with van der Waals surface area (Å²) in [7, 11) is 0. The van der Waals surface area contributed by atoms with Crippen LogP contribution in [0.2, 0.25) is 0 Å². The number of amides is 1. The van der Waals surface area contributed by atoms with Crippen LogP contribution in [0.4, 0.5) is 13.2 Å². The van der Waals surface area contributed by atoms with Crippen LogP contribution in [0.1, 0.15) is 48.2 Å². The number of alkyl halides is 3. The van der Waals surface area contributed by atoms with Gasteiger partial charge in [0.15, 0.2) is 11.5 Å². The van der Waals surface area contributed by atoms with Gasteiger partial charge in [-0.05, 0) is 25.0 Å². The van der Waals surface area contributed by atoms with E-state index in [1.54, 1.807) is 0 Å². The maximum absolute atomic E-state index is 12.6. The van der Waals surface area contributed by atoms with Crippen molar-refractivity contribution in [2.45, 2.75) is 44.3 Å². The van der Waals surface area contributed by atoms with Crippen molar-refractivity contribution in [1.82, 2.24) is 25.3 Å². The molecular formula is C17H18F3N5O3. The molecule has 0 saturated heterocycles. The number of rotatable bonds is 4. The van der Waals surface area contributed by atoms with E-state index in [0.717, 1.165) is 36.1 Å². The van der Waals surface area contributed by atoms with Crippen molar-refractivity contribution in [3.05, 3.63) is 35.8 Å². The summed E-state index contributed by atoms with van der Waals surface area (Å²) < 4.78 is 38.9. The molecule has 0 unspecified atom stereocenters. The Balaban J connectivity index is 1.72. The highest BCUT2D eigenvalue weighted by molar-refractivity contribution is 5.92. The van der Waals surface area contributed by atoms with Gasteiger partial charge >= 0.3 is 12.1 Å². The van der Waals surface area contributed by atoms with Crippen molar-refractivity contribution in [3.8, 4) is 5.82 Å². The van der Waals surface area contributed by atoms with Gasteiger partial charge in [0, 0.05) is 12.2 Å². The topological polar surface area (TPSA) is 110 Å². The molecule has 28 heavy (non-hydrogen) atoms. The molecule has 2 heterocycles. The summed E-state index contributed by atoms with van der Waals surface area (Å²) in [6, 6.07) is 1.46. The molecule has 1 amide bonds. The number of nitrogens with one attached hydrogen (secondary N) is 1. The van der Waals surface area contributed by atoms with E-state index in [4.69, 9.17) is 0 Å². The number of carboxylic acids is 1. The van der Waals surface area contributed by atoms with Crippen molar-refractivity contribution >= 4 is 11.9 Å². The average molecular weight is 397 g/mol. The van der Waals surface area contributed by atoms with Crippen molar-refractivity contribution in [1.29, 1.82) is 0 Å². The fourth-order valence-electron chi connectivity index (χ4n) is 3.19. The van der Waals surface area contributed by atoms with E-state index in [-0.39, 0.29) is 11.5 Å². The minimum atomic E-state index is -4.50. The van der Waals surface area contributed by atoms with Gasteiger partial charge in [0.2, 0.25) is 0 Å². The highest BCUT2D eigenvalue weighted by atomic mass is 19.4. The largest absolute Gasteiger partial charge is 0.481 e. The van der Waals surface area contributed by atoms with Gasteiger partial charge in [-0.2, -0.15) is 13.2 Å². The zero-order valence-corrected chi connectivity index (χ0v) is 14.7. The molecule has 0 aliphatic heterocycles. The number of hydrogen-bond acceptors (Lipinski definition) is 5. The lowest BCUT2D eigenvalue weighted by molar-refractivity contribution is -0.143. The molecule has 8 nitrogen and oxygen atoms in total. The first kappa shape index (κ1) is 19.8. The second-order valence-electron chi connectivity index (χ2n) is 6.61. The molecule has 1 aliphatic rings. The van der Waals surface area contributed by atoms with Gasteiger partial charge < -0.3 is 10.4 Å². The molecule has 0 radical (unpaired) electrons. The zero-order chi connectivity index (χ0) is 20.3. The number of halogens is 3. The van der Waals surface area contributed by atoms with E-state index < -0.39 is 35.6 Å². The first-order valence-corrected chi connectivity index (χ1v) is 8.75. The van der Waals surface area contributed by atoms with Crippen LogP contribution < -0.4 is 5.32 Å². The van der Waals surface area contributed by atoms with Gasteiger partial charge in [-0.1, -0.05) is 24.5 Å².